The summed E-state index contributed by atoms with van der Waals surface area (Å²) in [5, 5.41) is 13.7. The molecule has 1 heterocycles. The Kier molecular flexibility index (Phi) is 3.47. The smallest absolute Gasteiger partial charge is 0.274 e. The van der Waals surface area contributed by atoms with Gasteiger partial charge in [0, 0.05) is 18.3 Å². The molecule has 1 aromatic heterocycles. The number of pyridine rings is 1. The molecular weight excluding hydrogens is 206 g/mol. The molecule has 0 aliphatic rings. The molecule has 1 rings (SSSR count). The van der Waals surface area contributed by atoms with Gasteiger partial charge in [0.05, 0.1) is 11.0 Å². The summed E-state index contributed by atoms with van der Waals surface area (Å²) in [4.78, 5) is 14.2. The number of hydrogen-bond donors (Lipinski definition) is 1. The molecule has 0 aliphatic heterocycles. The highest BCUT2D eigenvalue weighted by atomic mass is 16.6. The maximum absolute atomic E-state index is 10.6. The van der Waals surface area contributed by atoms with Gasteiger partial charge < -0.3 is 5.32 Å². The van der Waals surface area contributed by atoms with Crippen LogP contribution in [0, 0.1) is 15.5 Å². The first-order valence-corrected chi connectivity index (χ1v) is 5.17. The van der Waals surface area contributed by atoms with Gasteiger partial charge in [-0.15, -0.1) is 0 Å². The molecular formula is C11H17N3O2. The monoisotopic (exact) mass is 223 g/mol. The summed E-state index contributed by atoms with van der Waals surface area (Å²) in [6.45, 7) is 8.33. The van der Waals surface area contributed by atoms with Crippen LogP contribution in [-0.2, 0) is 0 Å². The fourth-order valence-electron chi connectivity index (χ4n) is 1.05. The zero-order valence-corrected chi connectivity index (χ0v) is 10.0. The molecule has 1 atom stereocenters. The highest BCUT2D eigenvalue weighted by Crippen LogP contribution is 2.23. The summed E-state index contributed by atoms with van der Waals surface area (Å²) in [5.41, 5.74) is 0.130. The number of nitro groups is 1. The van der Waals surface area contributed by atoms with Gasteiger partial charge in [0.25, 0.3) is 5.69 Å². The predicted octanol–water partition coefficient (Wildman–Crippen LogP) is 2.84. The Labute approximate surface area is 95.0 Å². The molecule has 0 aromatic carbocycles. The molecule has 0 amide bonds. The zero-order valence-electron chi connectivity index (χ0n) is 10.0. The minimum Gasteiger partial charge on any atom is -0.367 e. The standard InChI is InChI=1S/C11H17N3O2/c1-8(11(2,3)4)13-10-7-9(14(15)16)5-6-12-10/h5-8H,1-4H3,(H,12,13). The van der Waals surface area contributed by atoms with Crippen molar-refractivity contribution in [1.82, 2.24) is 4.98 Å². The van der Waals surface area contributed by atoms with E-state index < -0.39 is 4.92 Å². The molecule has 0 fully saturated rings. The predicted molar refractivity (Wildman–Crippen MR) is 63.4 cm³/mol. The van der Waals surface area contributed by atoms with Gasteiger partial charge in [-0.3, -0.25) is 10.1 Å². The average molecular weight is 223 g/mol. The second-order valence-electron chi connectivity index (χ2n) is 4.89. The molecule has 0 aliphatic carbocycles. The fraction of sp³-hybridized carbons (Fsp3) is 0.545. The van der Waals surface area contributed by atoms with Crippen LogP contribution >= 0.6 is 0 Å². The van der Waals surface area contributed by atoms with Crippen LogP contribution in [0.25, 0.3) is 0 Å². The summed E-state index contributed by atoms with van der Waals surface area (Å²) in [7, 11) is 0. The topological polar surface area (TPSA) is 68.1 Å². The van der Waals surface area contributed by atoms with Crippen LogP contribution in [0.15, 0.2) is 18.3 Å². The van der Waals surface area contributed by atoms with E-state index in [2.05, 4.69) is 31.1 Å². The second-order valence-corrected chi connectivity index (χ2v) is 4.89. The van der Waals surface area contributed by atoms with E-state index >= 15 is 0 Å². The number of hydrogen-bond acceptors (Lipinski definition) is 4. The van der Waals surface area contributed by atoms with Crippen LogP contribution in [0.4, 0.5) is 11.5 Å². The van der Waals surface area contributed by atoms with Crippen molar-refractivity contribution in [1.29, 1.82) is 0 Å². The Morgan fingerprint density at radius 2 is 2.12 bits per heavy atom. The van der Waals surface area contributed by atoms with Crippen LogP contribution in [0.2, 0.25) is 0 Å². The Morgan fingerprint density at radius 3 is 2.62 bits per heavy atom. The van der Waals surface area contributed by atoms with Crippen LogP contribution in [0.1, 0.15) is 27.7 Å². The summed E-state index contributed by atoms with van der Waals surface area (Å²) in [6.07, 6.45) is 1.44. The van der Waals surface area contributed by atoms with Crippen LogP contribution in [-0.4, -0.2) is 15.9 Å². The molecule has 1 N–H and O–H groups in total. The van der Waals surface area contributed by atoms with Crippen molar-refractivity contribution in [2.24, 2.45) is 5.41 Å². The van der Waals surface area contributed by atoms with Crippen molar-refractivity contribution in [2.45, 2.75) is 33.7 Å². The molecule has 0 bridgehead atoms. The van der Waals surface area contributed by atoms with E-state index in [1.165, 1.54) is 18.3 Å². The van der Waals surface area contributed by atoms with Gasteiger partial charge in [0.2, 0.25) is 0 Å². The maximum atomic E-state index is 10.6. The molecule has 0 saturated carbocycles. The Balaban J connectivity index is 2.82. The van der Waals surface area contributed by atoms with Crippen molar-refractivity contribution >= 4 is 11.5 Å². The molecule has 5 heteroatoms. The van der Waals surface area contributed by atoms with E-state index in [4.69, 9.17) is 0 Å². The number of aromatic nitrogens is 1. The van der Waals surface area contributed by atoms with Crippen molar-refractivity contribution in [2.75, 3.05) is 5.32 Å². The second kappa shape index (κ2) is 4.47. The lowest BCUT2D eigenvalue weighted by Gasteiger charge is -2.28. The van der Waals surface area contributed by atoms with Crippen molar-refractivity contribution in [3.05, 3.63) is 28.4 Å². The first kappa shape index (κ1) is 12.4. The third kappa shape index (κ3) is 3.18. The van der Waals surface area contributed by atoms with Crippen molar-refractivity contribution < 1.29 is 4.92 Å². The number of nitrogens with one attached hydrogen (secondary N) is 1. The van der Waals surface area contributed by atoms with Crippen LogP contribution in [0.3, 0.4) is 0 Å². The zero-order chi connectivity index (χ0) is 12.3. The average Bonchev–Trinajstić information content (AvgIpc) is 2.16. The highest BCUT2D eigenvalue weighted by molar-refractivity contribution is 5.44. The lowest BCUT2D eigenvalue weighted by atomic mass is 9.88. The van der Waals surface area contributed by atoms with Crippen molar-refractivity contribution in [3.8, 4) is 0 Å². The highest BCUT2D eigenvalue weighted by Gasteiger charge is 2.20. The lowest BCUT2D eigenvalue weighted by molar-refractivity contribution is -0.384. The minimum atomic E-state index is -0.422. The van der Waals surface area contributed by atoms with Gasteiger partial charge in [0.1, 0.15) is 5.82 Å². The largest absolute Gasteiger partial charge is 0.367 e. The van der Waals surface area contributed by atoms with Gasteiger partial charge in [-0.05, 0) is 12.3 Å². The fourth-order valence-corrected chi connectivity index (χ4v) is 1.05. The Hall–Kier alpha value is -1.65. The van der Waals surface area contributed by atoms with E-state index in [9.17, 15) is 10.1 Å². The quantitative estimate of drug-likeness (QED) is 0.632. The van der Waals surface area contributed by atoms with E-state index in [1.54, 1.807) is 0 Å². The molecule has 1 aromatic rings. The summed E-state index contributed by atoms with van der Waals surface area (Å²) >= 11 is 0. The molecule has 88 valence electrons. The third-order valence-electron chi connectivity index (χ3n) is 2.62. The van der Waals surface area contributed by atoms with Gasteiger partial charge in [-0.2, -0.15) is 0 Å². The molecule has 5 nitrogen and oxygen atoms in total. The van der Waals surface area contributed by atoms with Gasteiger partial charge in [-0.1, -0.05) is 20.8 Å². The first-order valence-electron chi connectivity index (χ1n) is 5.17. The summed E-state index contributed by atoms with van der Waals surface area (Å²) in [5.74, 6) is 0.539. The Bertz CT molecular complexity index is 385. The molecule has 0 spiro atoms. The normalized spacial score (nSPS) is 13.2. The number of nitrogens with zero attached hydrogens (tertiary/aromatic N) is 2. The SMILES string of the molecule is CC(Nc1cc([N+](=O)[O-])ccn1)C(C)(C)C. The Morgan fingerprint density at radius 1 is 1.50 bits per heavy atom. The summed E-state index contributed by atoms with van der Waals surface area (Å²) in [6, 6.07) is 3.01. The lowest BCUT2D eigenvalue weighted by Crippen LogP contribution is -2.31. The van der Waals surface area contributed by atoms with E-state index in [-0.39, 0.29) is 17.1 Å². The summed E-state index contributed by atoms with van der Waals surface area (Å²) < 4.78 is 0. The van der Waals surface area contributed by atoms with Crippen molar-refractivity contribution in [3.63, 3.8) is 0 Å². The molecule has 1 unspecified atom stereocenters. The third-order valence-corrected chi connectivity index (χ3v) is 2.62. The molecule has 0 radical (unpaired) electrons. The van der Waals surface area contributed by atoms with Gasteiger partial charge in [0.15, 0.2) is 0 Å². The van der Waals surface area contributed by atoms with E-state index in [1.807, 2.05) is 6.92 Å². The number of rotatable bonds is 3. The minimum absolute atomic E-state index is 0.0543. The molecule has 16 heavy (non-hydrogen) atoms. The van der Waals surface area contributed by atoms with E-state index in [0.717, 1.165) is 0 Å². The number of anilines is 1. The van der Waals surface area contributed by atoms with Gasteiger partial charge in [-0.25, -0.2) is 4.98 Å². The van der Waals surface area contributed by atoms with Crippen LogP contribution in [0.5, 0.6) is 0 Å². The first-order chi connectivity index (χ1) is 7.30. The van der Waals surface area contributed by atoms with Crippen LogP contribution < -0.4 is 5.32 Å². The van der Waals surface area contributed by atoms with Gasteiger partial charge >= 0.3 is 0 Å². The maximum Gasteiger partial charge on any atom is 0.274 e. The van der Waals surface area contributed by atoms with E-state index in [0.29, 0.717) is 5.82 Å². The molecule has 0 saturated heterocycles.